The van der Waals surface area contributed by atoms with Gasteiger partial charge in [-0.25, -0.2) is 0 Å². The minimum atomic E-state index is -0.109. The van der Waals surface area contributed by atoms with Gasteiger partial charge in [0.2, 0.25) is 0 Å². The fraction of sp³-hybridized carbons (Fsp3) is 0.214. The van der Waals surface area contributed by atoms with Crippen molar-refractivity contribution in [3.8, 4) is 0 Å². The number of thiophene rings is 1. The predicted octanol–water partition coefficient (Wildman–Crippen LogP) is 3.80. The third-order valence-electron chi connectivity index (χ3n) is 2.75. The molecule has 20 heavy (non-hydrogen) atoms. The second-order valence-electron chi connectivity index (χ2n) is 4.32. The largest absolute Gasteiger partial charge is 0.347 e. The van der Waals surface area contributed by atoms with Crippen molar-refractivity contribution in [3.63, 3.8) is 0 Å². The quantitative estimate of drug-likeness (QED) is 0.506. The summed E-state index contributed by atoms with van der Waals surface area (Å²) in [6.07, 6.45) is 0. The molecule has 0 saturated carbocycles. The summed E-state index contributed by atoms with van der Waals surface area (Å²) >= 11 is 1.34. The molecule has 0 fully saturated rings. The fourth-order valence-corrected chi connectivity index (χ4v) is 2.50. The number of nitrogens with zero attached hydrogens (tertiary/aromatic N) is 3. The van der Waals surface area contributed by atoms with Crippen LogP contribution in [0.5, 0.6) is 0 Å². The standard InChI is InChI=1S/C14H14N4OS/c1-10-2-4-11(5-3-10)8-16-14(19)13-7-6-12(20-13)9-17-18-15/h2-7H,8-9H2,1H3,(H,16,19). The molecule has 2 aromatic rings. The van der Waals surface area contributed by atoms with E-state index in [0.717, 1.165) is 10.4 Å². The Hall–Kier alpha value is -2.30. The summed E-state index contributed by atoms with van der Waals surface area (Å²) in [5.74, 6) is -0.109. The molecule has 0 aliphatic heterocycles. The van der Waals surface area contributed by atoms with E-state index in [0.29, 0.717) is 11.4 Å². The van der Waals surface area contributed by atoms with E-state index in [9.17, 15) is 4.79 Å². The average molecular weight is 286 g/mol. The van der Waals surface area contributed by atoms with E-state index in [-0.39, 0.29) is 12.5 Å². The lowest BCUT2D eigenvalue weighted by Crippen LogP contribution is -2.21. The van der Waals surface area contributed by atoms with Crippen LogP contribution in [0.3, 0.4) is 0 Å². The average Bonchev–Trinajstić information content (AvgIpc) is 2.93. The van der Waals surface area contributed by atoms with Gasteiger partial charge in [-0.1, -0.05) is 34.9 Å². The zero-order valence-electron chi connectivity index (χ0n) is 11.0. The van der Waals surface area contributed by atoms with Crippen LogP contribution in [0.2, 0.25) is 0 Å². The number of rotatable bonds is 5. The zero-order valence-corrected chi connectivity index (χ0v) is 11.9. The number of hydrogen-bond acceptors (Lipinski definition) is 3. The molecule has 1 heterocycles. The number of aryl methyl sites for hydroxylation is 1. The Kier molecular flexibility index (Phi) is 4.76. The molecule has 0 aliphatic rings. The third kappa shape index (κ3) is 3.85. The predicted molar refractivity (Wildman–Crippen MR) is 79.5 cm³/mol. The van der Waals surface area contributed by atoms with E-state index in [1.807, 2.05) is 31.2 Å². The van der Waals surface area contributed by atoms with Crippen LogP contribution in [0.25, 0.3) is 10.4 Å². The smallest absolute Gasteiger partial charge is 0.261 e. The van der Waals surface area contributed by atoms with Crippen molar-refractivity contribution in [2.75, 3.05) is 0 Å². The number of amides is 1. The van der Waals surface area contributed by atoms with Crippen molar-refractivity contribution in [2.45, 2.75) is 20.0 Å². The zero-order chi connectivity index (χ0) is 14.4. The maximum Gasteiger partial charge on any atom is 0.261 e. The van der Waals surface area contributed by atoms with E-state index < -0.39 is 0 Å². The van der Waals surface area contributed by atoms with Crippen molar-refractivity contribution < 1.29 is 4.79 Å². The molecule has 6 heteroatoms. The van der Waals surface area contributed by atoms with Gasteiger partial charge in [0.15, 0.2) is 0 Å². The van der Waals surface area contributed by atoms with Gasteiger partial charge in [-0.15, -0.1) is 11.3 Å². The molecule has 0 atom stereocenters. The Morgan fingerprint density at radius 3 is 2.75 bits per heavy atom. The van der Waals surface area contributed by atoms with E-state index in [1.165, 1.54) is 16.9 Å². The first-order valence-electron chi connectivity index (χ1n) is 6.12. The number of carbonyl (C=O) groups excluding carboxylic acids is 1. The first-order valence-corrected chi connectivity index (χ1v) is 6.94. The highest BCUT2D eigenvalue weighted by atomic mass is 32.1. The van der Waals surface area contributed by atoms with Crippen LogP contribution >= 0.6 is 11.3 Å². The lowest BCUT2D eigenvalue weighted by molar-refractivity contribution is 0.0955. The minimum absolute atomic E-state index is 0.109. The highest BCUT2D eigenvalue weighted by Gasteiger charge is 2.08. The maximum atomic E-state index is 12.0. The number of carbonyl (C=O) groups is 1. The molecule has 102 valence electrons. The van der Waals surface area contributed by atoms with Crippen LogP contribution in [0.15, 0.2) is 41.5 Å². The summed E-state index contributed by atoms with van der Waals surface area (Å²) in [5.41, 5.74) is 10.5. The first kappa shape index (κ1) is 14.1. The van der Waals surface area contributed by atoms with Crippen LogP contribution in [0.1, 0.15) is 25.7 Å². The second kappa shape index (κ2) is 6.75. The van der Waals surface area contributed by atoms with E-state index in [1.54, 1.807) is 12.1 Å². The Bertz CT molecular complexity index is 641. The lowest BCUT2D eigenvalue weighted by atomic mass is 10.1. The number of azide groups is 1. The Morgan fingerprint density at radius 1 is 1.30 bits per heavy atom. The normalized spacial score (nSPS) is 9.85. The monoisotopic (exact) mass is 286 g/mol. The van der Waals surface area contributed by atoms with Crippen LogP contribution in [0.4, 0.5) is 0 Å². The summed E-state index contributed by atoms with van der Waals surface area (Å²) in [5, 5.41) is 6.35. The van der Waals surface area contributed by atoms with Gasteiger partial charge >= 0.3 is 0 Å². The molecule has 5 nitrogen and oxygen atoms in total. The molecule has 1 aromatic heterocycles. The summed E-state index contributed by atoms with van der Waals surface area (Å²) in [6.45, 7) is 2.81. The molecule has 0 bridgehead atoms. The summed E-state index contributed by atoms with van der Waals surface area (Å²) < 4.78 is 0. The number of nitrogens with one attached hydrogen (secondary N) is 1. The summed E-state index contributed by atoms with van der Waals surface area (Å²) in [7, 11) is 0. The van der Waals surface area contributed by atoms with Crippen molar-refractivity contribution in [2.24, 2.45) is 5.11 Å². The van der Waals surface area contributed by atoms with Crippen LogP contribution < -0.4 is 5.32 Å². The molecular weight excluding hydrogens is 272 g/mol. The van der Waals surface area contributed by atoms with Gasteiger partial charge in [-0.05, 0) is 30.2 Å². The summed E-state index contributed by atoms with van der Waals surface area (Å²) in [6, 6.07) is 11.6. The van der Waals surface area contributed by atoms with Crippen molar-refractivity contribution in [3.05, 3.63) is 67.7 Å². The second-order valence-corrected chi connectivity index (χ2v) is 5.49. The van der Waals surface area contributed by atoms with Gasteiger partial charge in [0, 0.05) is 16.3 Å². The number of benzene rings is 1. The molecule has 0 radical (unpaired) electrons. The van der Waals surface area contributed by atoms with Crippen LogP contribution in [0, 0.1) is 6.92 Å². The van der Waals surface area contributed by atoms with Gasteiger partial charge in [-0.3, -0.25) is 4.79 Å². The Morgan fingerprint density at radius 2 is 2.05 bits per heavy atom. The van der Waals surface area contributed by atoms with Crippen LogP contribution in [-0.4, -0.2) is 5.91 Å². The van der Waals surface area contributed by atoms with Crippen molar-refractivity contribution in [1.82, 2.24) is 5.32 Å². The molecule has 1 N–H and O–H groups in total. The molecule has 1 amide bonds. The third-order valence-corrected chi connectivity index (χ3v) is 3.82. The SMILES string of the molecule is Cc1ccc(CNC(=O)c2ccc(CN=[N+]=[N-])s2)cc1. The maximum absolute atomic E-state index is 12.0. The molecule has 1 aromatic carbocycles. The van der Waals surface area contributed by atoms with E-state index in [2.05, 4.69) is 15.3 Å². The highest BCUT2D eigenvalue weighted by molar-refractivity contribution is 7.14. The van der Waals surface area contributed by atoms with Crippen molar-refractivity contribution >= 4 is 17.2 Å². The molecule has 0 aliphatic carbocycles. The fourth-order valence-electron chi connectivity index (χ4n) is 1.66. The molecule has 0 unspecified atom stereocenters. The van der Waals surface area contributed by atoms with Gasteiger partial charge in [0.05, 0.1) is 11.4 Å². The molecule has 0 saturated heterocycles. The van der Waals surface area contributed by atoms with Crippen molar-refractivity contribution in [1.29, 1.82) is 0 Å². The summed E-state index contributed by atoms with van der Waals surface area (Å²) in [4.78, 5) is 16.2. The van der Waals surface area contributed by atoms with E-state index >= 15 is 0 Å². The lowest BCUT2D eigenvalue weighted by Gasteiger charge is -2.04. The van der Waals surface area contributed by atoms with Gasteiger partial charge in [-0.2, -0.15) is 0 Å². The molecular formula is C14H14N4OS. The Labute approximate surface area is 120 Å². The highest BCUT2D eigenvalue weighted by Crippen LogP contribution is 2.17. The number of hydrogen-bond donors (Lipinski definition) is 1. The van der Waals surface area contributed by atoms with Gasteiger partial charge in [0.1, 0.15) is 0 Å². The molecule has 0 spiro atoms. The molecule has 2 rings (SSSR count). The first-order chi connectivity index (χ1) is 9.69. The minimum Gasteiger partial charge on any atom is -0.347 e. The van der Waals surface area contributed by atoms with Crippen LogP contribution in [-0.2, 0) is 13.1 Å². The topological polar surface area (TPSA) is 77.9 Å². The van der Waals surface area contributed by atoms with Gasteiger partial charge in [0.25, 0.3) is 5.91 Å². The van der Waals surface area contributed by atoms with Gasteiger partial charge < -0.3 is 5.32 Å². The van der Waals surface area contributed by atoms with E-state index in [4.69, 9.17) is 5.53 Å². The Balaban J connectivity index is 1.92.